The van der Waals surface area contributed by atoms with Crippen molar-refractivity contribution in [2.24, 2.45) is 5.73 Å². The summed E-state index contributed by atoms with van der Waals surface area (Å²) in [6.07, 6.45) is 0. The third-order valence-electron chi connectivity index (χ3n) is 2.71. The Morgan fingerprint density at radius 2 is 2.05 bits per heavy atom. The van der Waals surface area contributed by atoms with Gasteiger partial charge >= 0.3 is 0 Å². The van der Waals surface area contributed by atoms with E-state index in [9.17, 15) is 0 Å². The van der Waals surface area contributed by atoms with Crippen molar-refractivity contribution in [3.8, 4) is 0 Å². The van der Waals surface area contributed by atoms with Crippen molar-refractivity contribution in [2.45, 2.75) is 10.1 Å². The summed E-state index contributed by atoms with van der Waals surface area (Å²) in [5.41, 5.74) is 7.82. The van der Waals surface area contributed by atoms with Crippen molar-refractivity contribution in [1.29, 1.82) is 5.41 Å². The Kier molecular flexibility index (Phi) is 3.50. The monoisotopic (exact) mass is 347 g/mol. The molecule has 2 aromatic carbocycles. The lowest BCUT2D eigenvalue weighted by atomic mass is 10.2. The number of halogens is 1. The summed E-state index contributed by atoms with van der Waals surface area (Å²) in [4.78, 5) is 5.24. The maximum atomic E-state index is 7.62. The van der Waals surface area contributed by atoms with Gasteiger partial charge in [-0.1, -0.05) is 28.1 Å². The molecule has 100 valence electrons. The Morgan fingerprint density at radius 1 is 1.25 bits per heavy atom. The van der Waals surface area contributed by atoms with Crippen LogP contribution in [0, 0.1) is 5.41 Å². The molecule has 0 spiro atoms. The van der Waals surface area contributed by atoms with Crippen LogP contribution in [0.5, 0.6) is 0 Å². The van der Waals surface area contributed by atoms with Crippen LogP contribution >= 0.6 is 27.7 Å². The Morgan fingerprint density at radius 3 is 2.80 bits per heavy atom. The van der Waals surface area contributed by atoms with Crippen LogP contribution in [-0.4, -0.2) is 10.8 Å². The molecule has 0 aliphatic rings. The lowest BCUT2D eigenvalue weighted by Gasteiger charge is -2.05. The highest BCUT2D eigenvalue weighted by molar-refractivity contribution is 9.10. The van der Waals surface area contributed by atoms with Gasteiger partial charge in [0.1, 0.15) is 11.4 Å². The van der Waals surface area contributed by atoms with Crippen molar-refractivity contribution in [3.05, 3.63) is 52.5 Å². The Balaban J connectivity index is 2.01. The van der Waals surface area contributed by atoms with Gasteiger partial charge in [0, 0.05) is 14.9 Å². The lowest BCUT2D eigenvalue weighted by Crippen LogP contribution is -2.12. The maximum Gasteiger partial charge on any atom is 0.261 e. The second kappa shape index (κ2) is 5.30. The summed E-state index contributed by atoms with van der Waals surface area (Å²) in [7, 11) is 0. The number of nitrogen functional groups attached to an aromatic ring is 1. The highest BCUT2D eigenvalue weighted by Crippen LogP contribution is 2.33. The third-order valence-corrected chi connectivity index (χ3v) is 4.11. The topological polar surface area (TPSA) is 75.9 Å². The van der Waals surface area contributed by atoms with Gasteiger partial charge in [-0.15, -0.1) is 0 Å². The molecule has 0 radical (unpaired) electrons. The van der Waals surface area contributed by atoms with E-state index in [4.69, 9.17) is 15.6 Å². The first-order valence-corrected chi connectivity index (χ1v) is 7.42. The molecule has 3 aromatic rings. The average molecular weight is 348 g/mol. The third kappa shape index (κ3) is 2.57. The molecule has 1 heterocycles. The quantitative estimate of drug-likeness (QED) is 0.554. The van der Waals surface area contributed by atoms with Crippen molar-refractivity contribution in [2.75, 3.05) is 0 Å². The number of nitrogens with one attached hydrogen (secondary N) is 1. The van der Waals surface area contributed by atoms with E-state index in [2.05, 4.69) is 20.9 Å². The number of oxazole rings is 1. The Labute approximate surface area is 128 Å². The standard InChI is InChI=1S/C14H10BrN3OS/c15-8-5-6-9(13(16)17)12(7-8)20-14-18-10-3-1-2-4-11(10)19-14/h1-7H,(H3,16,17). The van der Waals surface area contributed by atoms with Crippen LogP contribution in [0.25, 0.3) is 11.1 Å². The normalized spacial score (nSPS) is 10.8. The van der Waals surface area contributed by atoms with Crippen LogP contribution in [0.15, 0.2) is 61.5 Å². The largest absolute Gasteiger partial charge is 0.431 e. The number of hydrogen-bond acceptors (Lipinski definition) is 4. The molecule has 0 saturated carbocycles. The number of fused-ring (bicyclic) bond motifs is 1. The molecule has 6 heteroatoms. The van der Waals surface area contributed by atoms with Crippen LogP contribution in [0.3, 0.4) is 0 Å². The minimum absolute atomic E-state index is 0.0242. The van der Waals surface area contributed by atoms with E-state index in [-0.39, 0.29) is 5.84 Å². The van der Waals surface area contributed by atoms with Crippen LogP contribution in [0.1, 0.15) is 5.56 Å². The summed E-state index contributed by atoms with van der Waals surface area (Å²) in [5, 5.41) is 8.15. The highest BCUT2D eigenvalue weighted by atomic mass is 79.9. The molecule has 4 nitrogen and oxygen atoms in total. The fraction of sp³-hybridized carbons (Fsp3) is 0. The number of amidine groups is 1. The first kappa shape index (κ1) is 13.2. The summed E-state index contributed by atoms with van der Waals surface area (Å²) < 4.78 is 6.59. The Bertz CT molecular complexity index is 767. The van der Waals surface area contributed by atoms with Gasteiger partial charge in [0.05, 0.1) is 0 Å². The van der Waals surface area contributed by atoms with Gasteiger partial charge < -0.3 is 10.2 Å². The minimum Gasteiger partial charge on any atom is -0.431 e. The van der Waals surface area contributed by atoms with Crippen LogP contribution < -0.4 is 5.73 Å². The fourth-order valence-electron chi connectivity index (χ4n) is 1.79. The summed E-state index contributed by atoms with van der Waals surface area (Å²) in [6, 6.07) is 13.1. The molecule has 0 amide bonds. The average Bonchev–Trinajstić information content (AvgIpc) is 2.80. The zero-order valence-electron chi connectivity index (χ0n) is 10.3. The van der Waals surface area contributed by atoms with E-state index in [0.717, 1.165) is 20.5 Å². The molecular weight excluding hydrogens is 338 g/mol. The molecule has 3 N–H and O–H groups in total. The SMILES string of the molecule is N=C(N)c1ccc(Br)cc1Sc1nc2ccccc2o1. The van der Waals surface area contributed by atoms with E-state index in [1.807, 2.05) is 36.4 Å². The highest BCUT2D eigenvalue weighted by Gasteiger charge is 2.12. The van der Waals surface area contributed by atoms with Gasteiger partial charge in [0.15, 0.2) is 5.58 Å². The Hall–Kier alpha value is -1.79. The predicted octanol–water partition coefficient (Wildman–Crippen LogP) is 4.03. The molecule has 0 aliphatic carbocycles. The van der Waals surface area contributed by atoms with E-state index in [0.29, 0.717) is 10.8 Å². The van der Waals surface area contributed by atoms with Gasteiger partial charge in [0.2, 0.25) is 0 Å². The summed E-state index contributed by atoms with van der Waals surface area (Å²) in [6.45, 7) is 0. The van der Waals surface area contributed by atoms with Gasteiger partial charge in [-0.2, -0.15) is 0 Å². The molecule has 0 fully saturated rings. The predicted molar refractivity (Wildman–Crippen MR) is 83.3 cm³/mol. The number of benzene rings is 2. The molecule has 1 aromatic heterocycles. The van der Waals surface area contributed by atoms with Crippen molar-refractivity contribution in [1.82, 2.24) is 4.98 Å². The number of nitrogens with two attached hydrogens (primary N) is 1. The van der Waals surface area contributed by atoms with Crippen LogP contribution in [0.4, 0.5) is 0 Å². The van der Waals surface area contributed by atoms with Crippen molar-refractivity contribution in [3.63, 3.8) is 0 Å². The first-order valence-electron chi connectivity index (χ1n) is 5.81. The maximum absolute atomic E-state index is 7.62. The molecule has 3 rings (SSSR count). The van der Waals surface area contributed by atoms with E-state index < -0.39 is 0 Å². The molecule has 0 bridgehead atoms. The number of aromatic nitrogens is 1. The van der Waals surface area contributed by atoms with Crippen molar-refractivity contribution >= 4 is 44.6 Å². The fourth-order valence-corrected chi connectivity index (χ4v) is 3.24. The molecular formula is C14H10BrN3OS. The zero-order chi connectivity index (χ0) is 14.1. The first-order chi connectivity index (χ1) is 9.63. The molecule has 0 unspecified atom stereocenters. The molecule has 0 saturated heterocycles. The van der Waals surface area contributed by atoms with E-state index in [1.165, 1.54) is 11.8 Å². The van der Waals surface area contributed by atoms with E-state index in [1.54, 1.807) is 6.07 Å². The molecule has 20 heavy (non-hydrogen) atoms. The smallest absolute Gasteiger partial charge is 0.261 e. The van der Waals surface area contributed by atoms with Gasteiger partial charge in [-0.05, 0) is 42.1 Å². The number of nitrogens with zero attached hydrogens (tertiary/aromatic N) is 1. The zero-order valence-corrected chi connectivity index (χ0v) is 12.7. The molecule has 0 aliphatic heterocycles. The second-order valence-electron chi connectivity index (χ2n) is 4.10. The van der Waals surface area contributed by atoms with Gasteiger partial charge in [-0.25, -0.2) is 4.98 Å². The number of hydrogen-bond donors (Lipinski definition) is 2. The van der Waals surface area contributed by atoms with Crippen LogP contribution in [0.2, 0.25) is 0 Å². The lowest BCUT2D eigenvalue weighted by molar-refractivity contribution is 0.489. The minimum atomic E-state index is 0.0242. The van der Waals surface area contributed by atoms with Gasteiger partial charge in [-0.3, -0.25) is 5.41 Å². The van der Waals surface area contributed by atoms with Gasteiger partial charge in [0.25, 0.3) is 5.22 Å². The number of rotatable bonds is 3. The summed E-state index contributed by atoms with van der Waals surface area (Å²) in [5.74, 6) is 0.0242. The number of para-hydroxylation sites is 2. The van der Waals surface area contributed by atoms with E-state index >= 15 is 0 Å². The second-order valence-corrected chi connectivity index (χ2v) is 6.01. The van der Waals surface area contributed by atoms with Crippen LogP contribution in [-0.2, 0) is 0 Å². The summed E-state index contributed by atoms with van der Waals surface area (Å²) >= 11 is 4.77. The van der Waals surface area contributed by atoms with Crippen molar-refractivity contribution < 1.29 is 4.42 Å². The molecule has 0 atom stereocenters.